The quantitative estimate of drug-likeness (QED) is 0.504. The van der Waals surface area contributed by atoms with Gasteiger partial charge in [-0.3, -0.25) is 24.0 Å². The lowest BCUT2D eigenvalue weighted by Crippen LogP contribution is -2.50. The minimum absolute atomic E-state index is 0.0116. The van der Waals surface area contributed by atoms with Crippen LogP contribution in [0.1, 0.15) is 71.9 Å². The van der Waals surface area contributed by atoms with Crippen LogP contribution in [-0.2, 0) is 27.2 Å². The van der Waals surface area contributed by atoms with E-state index >= 15 is 0 Å². The number of hydrogen-bond acceptors (Lipinski definition) is 7. The van der Waals surface area contributed by atoms with Crippen molar-refractivity contribution >= 4 is 28.9 Å². The first kappa shape index (κ1) is 23.0. The number of fused-ring (bicyclic) bond motifs is 2. The van der Waals surface area contributed by atoms with Crippen molar-refractivity contribution in [2.75, 3.05) is 6.61 Å². The highest BCUT2D eigenvalue weighted by Crippen LogP contribution is 2.47. The molecular formula is C24H28O7. The maximum absolute atomic E-state index is 13.5. The van der Waals surface area contributed by atoms with E-state index in [0.717, 1.165) is 5.56 Å². The second kappa shape index (κ2) is 8.83. The van der Waals surface area contributed by atoms with Crippen molar-refractivity contribution in [3.8, 4) is 5.75 Å². The van der Waals surface area contributed by atoms with Crippen LogP contribution in [0.4, 0.5) is 0 Å². The van der Waals surface area contributed by atoms with Gasteiger partial charge in [-0.1, -0.05) is 6.92 Å². The highest BCUT2D eigenvalue weighted by molar-refractivity contribution is 6.21. The van der Waals surface area contributed by atoms with Gasteiger partial charge in [0.2, 0.25) is 0 Å². The van der Waals surface area contributed by atoms with E-state index in [1.165, 1.54) is 13.8 Å². The van der Waals surface area contributed by atoms with Crippen LogP contribution >= 0.6 is 0 Å². The fourth-order valence-corrected chi connectivity index (χ4v) is 5.36. The normalized spacial score (nSPS) is 25.0. The number of rotatable bonds is 7. The monoisotopic (exact) mass is 428 g/mol. The van der Waals surface area contributed by atoms with E-state index in [0.29, 0.717) is 24.8 Å². The Morgan fingerprint density at radius 2 is 1.84 bits per heavy atom. The number of aliphatic hydroxyl groups excluding tert-OH is 1. The Morgan fingerprint density at radius 3 is 2.39 bits per heavy atom. The molecule has 1 fully saturated rings. The molecule has 4 unspecified atom stereocenters. The Balaban J connectivity index is 2.11. The van der Waals surface area contributed by atoms with E-state index in [9.17, 15) is 34.2 Å². The van der Waals surface area contributed by atoms with Gasteiger partial charge in [0.25, 0.3) is 0 Å². The predicted octanol–water partition coefficient (Wildman–Crippen LogP) is 2.26. The van der Waals surface area contributed by atoms with Crippen molar-refractivity contribution < 1.29 is 34.2 Å². The maximum atomic E-state index is 13.5. The first-order chi connectivity index (χ1) is 14.6. The summed E-state index contributed by atoms with van der Waals surface area (Å²) in [5.41, 5.74) is 1.50. The lowest BCUT2D eigenvalue weighted by atomic mass is 9.58. The zero-order chi connectivity index (χ0) is 23.0. The summed E-state index contributed by atoms with van der Waals surface area (Å²) in [6.45, 7) is 4.26. The van der Waals surface area contributed by atoms with Gasteiger partial charge in [-0.15, -0.1) is 0 Å². The number of carbonyl (C=O) groups is 5. The summed E-state index contributed by atoms with van der Waals surface area (Å²) in [7, 11) is 0. The number of Topliss-reactive ketones (excluding diaryl/α,β-unsaturated/α-hetero) is 5. The zero-order valence-electron chi connectivity index (χ0n) is 18.1. The highest BCUT2D eigenvalue weighted by Gasteiger charge is 2.52. The molecule has 166 valence electrons. The van der Waals surface area contributed by atoms with Crippen molar-refractivity contribution in [3.63, 3.8) is 0 Å². The van der Waals surface area contributed by atoms with Gasteiger partial charge < -0.3 is 10.2 Å². The summed E-state index contributed by atoms with van der Waals surface area (Å²) >= 11 is 0. The van der Waals surface area contributed by atoms with E-state index in [1.807, 2.05) is 6.92 Å². The predicted molar refractivity (Wildman–Crippen MR) is 111 cm³/mol. The molecule has 0 saturated heterocycles. The number of ketones is 5. The second-order valence-electron chi connectivity index (χ2n) is 8.73. The Kier molecular flexibility index (Phi) is 6.55. The Labute approximate surface area is 180 Å². The van der Waals surface area contributed by atoms with Crippen LogP contribution in [0.5, 0.6) is 5.75 Å². The third kappa shape index (κ3) is 3.99. The average molecular weight is 428 g/mol. The highest BCUT2D eigenvalue weighted by atomic mass is 16.3. The molecule has 1 saturated carbocycles. The number of aromatic hydroxyl groups is 1. The number of phenols is 1. The Morgan fingerprint density at radius 1 is 1.16 bits per heavy atom. The van der Waals surface area contributed by atoms with E-state index in [2.05, 4.69) is 0 Å². The molecule has 1 aromatic rings. The van der Waals surface area contributed by atoms with E-state index in [-0.39, 0.29) is 48.1 Å². The van der Waals surface area contributed by atoms with Gasteiger partial charge in [0.05, 0.1) is 29.4 Å². The molecule has 4 atom stereocenters. The van der Waals surface area contributed by atoms with Gasteiger partial charge in [0, 0.05) is 6.61 Å². The first-order valence-corrected chi connectivity index (χ1v) is 10.7. The Hall–Kier alpha value is -2.67. The standard InChI is InChI=1S/C24H28O7/c1-4-13-9-16(12(3)27)22(29)21-17(13)10-15-8-14(5-6-25)19(18(28)7-11(2)26)23(30)20(15)24(21)31/h9,14-15,19-20,25,29H,4-8,10H2,1-3H3. The van der Waals surface area contributed by atoms with Crippen molar-refractivity contribution in [2.24, 2.45) is 23.7 Å². The van der Waals surface area contributed by atoms with Gasteiger partial charge in [-0.25, -0.2) is 0 Å². The fraction of sp³-hybridized carbons (Fsp3) is 0.542. The number of aryl methyl sites for hydroxylation is 1. The molecule has 0 aliphatic heterocycles. The lowest BCUT2D eigenvalue weighted by molar-refractivity contribution is -0.142. The number of phenolic OH excluding ortho intramolecular Hbond substituents is 1. The van der Waals surface area contributed by atoms with E-state index in [4.69, 9.17) is 0 Å². The molecule has 0 radical (unpaired) electrons. The molecule has 7 nitrogen and oxygen atoms in total. The van der Waals surface area contributed by atoms with Crippen molar-refractivity contribution in [3.05, 3.63) is 28.3 Å². The first-order valence-electron chi connectivity index (χ1n) is 10.7. The van der Waals surface area contributed by atoms with Crippen LogP contribution in [0, 0.1) is 23.7 Å². The molecule has 7 heteroatoms. The molecule has 0 aromatic heterocycles. The third-order valence-corrected chi connectivity index (χ3v) is 6.69. The molecule has 0 spiro atoms. The zero-order valence-corrected chi connectivity index (χ0v) is 18.1. The SMILES string of the molecule is CCc1cc(C(C)=O)c(O)c2c1CC1CC(CCO)C(C(=O)CC(C)=O)C(=O)C1C2=O. The molecule has 2 aliphatic carbocycles. The molecule has 2 N–H and O–H groups in total. The van der Waals surface area contributed by atoms with Gasteiger partial charge >= 0.3 is 0 Å². The minimum atomic E-state index is -1.12. The fourth-order valence-electron chi connectivity index (χ4n) is 5.36. The van der Waals surface area contributed by atoms with Crippen LogP contribution in [0.25, 0.3) is 0 Å². The average Bonchev–Trinajstić information content (AvgIpc) is 2.67. The molecule has 0 heterocycles. The molecular weight excluding hydrogens is 400 g/mol. The Bertz CT molecular complexity index is 975. The maximum Gasteiger partial charge on any atom is 0.177 e. The summed E-state index contributed by atoms with van der Waals surface area (Å²) in [5.74, 6) is -5.77. The molecule has 3 rings (SSSR count). The summed E-state index contributed by atoms with van der Waals surface area (Å²) in [6.07, 6.45) is 1.18. The second-order valence-corrected chi connectivity index (χ2v) is 8.73. The number of aliphatic hydroxyl groups is 1. The van der Waals surface area contributed by atoms with Crippen LogP contribution in [0.3, 0.4) is 0 Å². The topological polar surface area (TPSA) is 126 Å². The summed E-state index contributed by atoms with van der Waals surface area (Å²) < 4.78 is 0. The molecule has 1 aromatic carbocycles. The van der Waals surface area contributed by atoms with Crippen molar-refractivity contribution in [1.82, 2.24) is 0 Å². The molecule has 0 amide bonds. The van der Waals surface area contributed by atoms with Crippen molar-refractivity contribution in [2.45, 2.75) is 52.9 Å². The molecule has 2 aliphatic rings. The lowest BCUT2D eigenvalue weighted by Gasteiger charge is -2.42. The number of hydrogen-bond donors (Lipinski definition) is 2. The largest absolute Gasteiger partial charge is 0.506 e. The minimum Gasteiger partial charge on any atom is -0.506 e. The van der Waals surface area contributed by atoms with Crippen LogP contribution in [0.15, 0.2) is 6.07 Å². The summed E-state index contributed by atoms with van der Waals surface area (Å²) in [6, 6.07) is 1.61. The van der Waals surface area contributed by atoms with Crippen LogP contribution in [0.2, 0.25) is 0 Å². The van der Waals surface area contributed by atoms with Crippen LogP contribution in [-0.4, -0.2) is 45.7 Å². The van der Waals surface area contributed by atoms with E-state index < -0.39 is 40.9 Å². The van der Waals surface area contributed by atoms with Gasteiger partial charge in [0.15, 0.2) is 23.1 Å². The number of benzene rings is 1. The van der Waals surface area contributed by atoms with Crippen molar-refractivity contribution in [1.29, 1.82) is 0 Å². The summed E-state index contributed by atoms with van der Waals surface area (Å²) in [5, 5.41) is 20.2. The summed E-state index contributed by atoms with van der Waals surface area (Å²) in [4.78, 5) is 63.0. The van der Waals surface area contributed by atoms with Crippen LogP contribution < -0.4 is 0 Å². The van der Waals surface area contributed by atoms with Gasteiger partial charge in [-0.2, -0.15) is 0 Å². The third-order valence-electron chi connectivity index (χ3n) is 6.69. The van der Waals surface area contributed by atoms with E-state index in [1.54, 1.807) is 6.07 Å². The smallest absolute Gasteiger partial charge is 0.177 e. The molecule has 0 bridgehead atoms. The molecule has 31 heavy (non-hydrogen) atoms. The van der Waals surface area contributed by atoms with Gasteiger partial charge in [-0.05, 0) is 68.6 Å². The number of carbonyl (C=O) groups excluding carboxylic acids is 5. The van der Waals surface area contributed by atoms with Gasteiger partial charge in [0.1, 0.15) is 11.5 Å².